The maximum absolute atomic E-state index is 12.4. The molecular formula is C19H24Cl2N4O. The molecule has 0 spiro atoms. The van der Waals surface area contributed by atoms with E-state index >= 15 is 0 Å². The van der Waals surface area contributed by atoms with Crippen LogP contribution in [0.2, 0.25) is 0 Å². The minimum atomic E-state index is -0.0931. The Bertz CT molecular complexity index is 860. The van der Waals surface area contributed by atoms with Crippen molar-refractivity contribution in [2.24, 2.45) is 0 Å². The van der Waals surface area contributed by atoms with Crippen molar-refractivity contribution >= 4 is 41.8 Å². The number of H-pyrrole nitrogens is 1. The Labute approximate surface area is 166 Å². The van der Waals surface area contributed by atoms with Crippen LogP contribution in [0.5, 0.6) is 0 Å². The van der Waals surface area contributed by atoms with E-state index in [0.29, 0.717) is 17.6 Å². The van der Waals surface area contributed by atoms with Gasteiger partial charge in [-0.15, -0.1) is 24.8 Å². The van der Waals surface area contributed by atoms with E-state index in [9.17, 15) is 4.79 Å². The van der Waals surface area contributed by atoms with Gasteiger partial charge in [-0.1, -0.05) is 35.9 Å². The van der Waals surface area contributed by atoms with Crippen LogP contribution in [0.4, 0.5) is 0 Å². The van der Waals surface area contributed by atoms with Crippen LogP contribution >= 0.6 is 24.8 Å². The number of likely N-dealkylation sites (N-methyl/N-ethyl adjacent to an activating group) is 1. The van der Waals surface area contributed by atoms with Crippen molar-refractivity contribution in [1.29, 1.82) is 0 Å². The average molecular weight is 395 g/mol. The quantitative estimate of drug-likeness (QED) is 0.693. The minimum Gasteiger partial charge on any atom is -0.351 e. The second kappa shape index (κ2) is 9.57. The van der Waals surface area contributed by atoms with Gasteiger partial charge in [-0.25, -0.2) is 4.98 Å². The lowest BCUT2D eigenvalue weighted by Gasteiger charge is -2.10. The first-order valence-corrected chi connectivity index (χ1v) is 8.03. The zero-order valence-corrected chi connectivity index (χ0v) is 16.7. The summed E-state index contributed by atoms with van der Waals surface area (Å²) in [5.41, 5.74) is 4.38. The van der Waals surface area contributed by atoms with E-state index in [-0.39, 0.29) is 30.7 Å². The molecule has 0 aliphatic carbocycles. The predicted octanol–water partition coefficient (Wildman–Crippen LogP) is 3.67. The minimum absolute atomic E-state index is 0. The van der Waals surface area contributed by atoms with Crippen LogP contribution in [0.15, 0.2) is 42.5 Å². The van der Waals surface area contributed by atoms with Crippen molar-refractivity contribution in [2.75, 3.05) is 27.2 Å². The number of nitrogens with zero attached hydrogens (tertiary/aromatic N) is 2. The molecule has 0 unspecified atom stereocenters. The number of aryl methyl sites for hydroxylation is 1. The fourth-order valence-electron chi connectivity index (χ4n) is 2.55. The number of para-hydroxylation sites is 1. The maximum atomic E-state index is 12.4. The Morgan fingerprint density at radius 1 is 1.12 bits per heavy atom. The first-order chi connectivity index (χ1) is 11.5. The number of halogens is 2. The van der Waals surface area contributed by atoms with Gasteiger partial charge in [0, 0.05) is 18.7 Å². The number of hydrogen-bond acceptors (Lipinski definition) is 3. The van der Waals surface area contributed by atoms with Gasteiger partial charge in [-0.2, -0.15) is 0 Å². The van der Waals surface area contributed by atoms with E-state index in [0.717, 1.165) is 23.4 Å². The molecule has 3 aromatic rings. The highest BCUT2D eigenvalue weighted by Crippen LogP contribution is 2.23. The van der Waals surface area contributed by atoms with Gasteiger partial charge in [-0.3, -0.25) is 4.79 Å². The summed E-state index contributed by atoms with van der Waals surface area (Å²) in [5, 5.41) is 2.94. The number of aromatic amines is 1. The lowest BCUT2D eigenvalue weighted by Crippen LogP contribution is -2.31. The molecule has 2 N–H and O–H groups in total. The number of carbonyl (C=O) groups excluding carboxylic acids is 1. The molecule has 5 nitrogen and oxygen atoms in total. The lowest BCUT2D eigenvalue weighted by atomic mass is 10.1. The number of carbonyl (C=O) groups is 1. The Hall–Kier alpha value is -2.08. The summed E-state index contributed by atoms with van der Waals surface area (Å²) in [5.74, 6) is 0.683. The molecule has 26 heavy (non-hydrogen) atoms. The molecule has 2 aromatic carbocycles. The molecule has 3 rings (SSSR count). The fourth-order valence-corrected chi connectivity index (χ4v) is 2.55. The van der Waals surface area contributed by atoms with E-state index in [1.54, 1.807) is 0 Å². The van der Waals surface area contributed by atoms with Gasteiger partial charge in [0.05, 0.1) is 11.1 Å². The first kappa shape index (κ1) is 22.0. The Morgan fingerprint density at radius 2 is 1.81 bits per heavy atom. The van der Waals surface area contributed by atoms with E-state index in [1.165, 1.54) is 5.56 Å². The highest BCUT2D eigenvalue weighted by molar-refractivity contribution is 6.05. The van der Waals surface area contributed by atoms with Crippen LogP contribution in [0.1, 0.15) is 15.9 Å². The van der Waals surface area contributed by atoms with Crippen LogP contribution < -0.4 is 5.32 Å². The van der Waals surface area contributed by atoms with E-state index in [1.807, 2.05) is 49.3 Å². The van der Waals surface area contributed by atoms with Crippen molar-refractivity contribution in [3.05, 3.63) is 53.6 Å². The van der Waals surface area contributed by atoms with Crippen LogP contribution in [-0.4, -0.2) is 48.0 Å². The highest BCUT2D eigenvalue weighted by atomic mass is 35.5. The molecule has 1 heterocycles. The molecule has 0 fully saturated rings. The molecule has 0 bridgehead atoms. The normalized spacial score (nSPS) is 10.3. The predicted molar refractivity (Wildman–Crippen MR) is 112 cm³/mol. The molecule has 1 aromatic heterocycles. The van der Waals surface area contributed by atoms with Crippen molar-refractivity contribution < 1.29 is 4.79 Å². The summed E-state index contributed by atoms with van der Waals surface area (Å²) in [4.78, 5) is 22.4. The standard InChI is InChI=1S/C19H22N4O.2ClH/c1-13-7-9-14(10-8-13)18-21-16-6-4-5-15(17(16)22-18)19(24)20-11-12-23(2)3;;/h4-10H,11-12H2,1-3H3,(H,20,24)(H,21,22);2*1H. The molecule has 0 saturated carbocycles. The molecule has 7 heteroatoms. The highest BCUT2D eigenvalue weighted by Gasteiger charge is 2.14. The summed E-state index contributed by atoms with van der Waals surface area (Å²) < 4.78 is 0. The van der Waals surface area contributed by atoms with Crippen LogP contribution in [-0.2, 0) is 0 Å². The number of fused-ring (bicyclic) bond motifs is 1. The number of benzene rings is 2. The first-order valence-electron chi connectivity index (χ1n) is 8.03. The Kier molecular flexibility index (Phi) is 8.08. The topological polar surface area (TPSA) is 61.0 Å². The van der Waals surface area contributed by atoms with Gasteiger partial charge >= 0.3 is 0 Å². The largest absolute Gasteiger partial charge is 0.351 e. The molecule has 1 amide bonds. The molecule has 140 valence electrons. The fraction of sp³-hybridized carbons (Fsp3) is 0.263. The SMILES string of the molecule is Cc1ccc(-c2nc3c(C(=O)NCCN(C)C)cccc3[nH]2)cc1.Cl.Cl. The zero-order chi connectivity index (χ0) is 17.1. The number of nitrogens with one attached hydrogen (secondary N) is 2. The third kappa shape index (κ3) is 4.97. The van der Waals surface area contributed by atoms with Gasteiger partial charge in [0.2, 0.25) is 0 Å². The molecule has 0 atom stereocenters. The number of rotatable bonds is 5. The smallest absolute Gasteiger partial charge is 0.253 e. The average Bonchev–Trinajstić information content (AvgIpc) is 2.99. The lowest BCUT2D eigenvalue weighted by molar-refractivity contribution is 0.0952. The Balaban J connectivity index is 0.00000169. The van der Waals surface area contributed by atoms with E-state index in [4.69, 9.17) is 0 Å². The summed E-state index contributed by atoms with van der Waals surface area (Å²) in [6.07, 6.45) is 0. The zero-order valence-electron chi connectivity index (χ0n) is 15.1. The summed E-state index contributed by atoms with van der Waals surface area (Å²) >= 11 is 0. The summed E-state index contributed by atoms with van der Waals surface area (Å²) in [6.45, 7) is 3.47. The Morgan fingerprint density at radius 3 is 2.46 bits per heavy atom. The van der Waals surface area contributed by atoms with Crippen LogP contribution in [0.3, 0.4) is 0 Å². The van der Waals surface area contributed by atoms with Gasteiger partial charge < -0.3 is 15.2 Å². The van der Waals surface area contributed by atoms with E-state index in [2.05, 4.69) is 34.3 Å². The summed E-state index contributed by atoms with van der Waals surface area (Å²) in [6, 6.07) is 13.8. The van der Waals surface area contributed by atoms with Crippen LogP contribution in [0.25, 0.3) is 22.4 Å². The number of imidazole rings is 1. The molecule has 0 radical (unpaired) electrons. The molecular weight excluding hydrogens is 371 g/mol. The third-order valence-corrected chi connectivity index (χ3v) is 3.93. The number of aromatic nitrogens is 2. The van der Waals surface area contributed by atoms with Gasteiger partial charge in [0.15, 0.2) is 0 Å². The second-order valence-electron chi connectivity index (χ2n) is 6.21. The summed E-state index contributed by atoms with van der Waals surface area (Å²) in [7, 11) is 3.96. The van der Waals surface area contributed by atoms with E-state index < -0.39 is 0 Å². The van der Waals surface area contributed by atoms with Crippen molar-refractivity contribution in [2.45, 2.75) is 6.92 Å². The molecule has 0 saturated heterocycles. The van der Waals surface area contributed by atoms with Gasteiger partial charge in [0.1, 0.15) is 11.3 Å². The molecule has 0 aliphatic heterocycles. The van der Waals surface area contributed by atoms with Crippen molar-refractivity contribution in [1.82, 2.24) is 20.2 Å². The van der Waals surface area contributed by atoms with Gasteiger partial charge in [-0.05, 0) is 33.2 Å². The third-order valence-electron chi connectivity index (χ3n) is 3.93. The second-order valence-corrected chi connectivity index (χ2v) is 6.21. The van der Waals surface area contributed by atoms with Crippen molar-refractivity contribution in [3.8, 4) is 11.4 Å². The van der Waals surface area contributed by atoms with Crippen LogP contribution in [0, 0.1) is 6.92 Å². The molecule has 0 aliphatic rings. The maximum Gasteiger partial charge on any atom is 0.253 e. The van der Waals surface area contributed by atoms with Gasteiger partial charge in [0.25, 0.3) is 5.91 Å². The number of hydrogen-bond donors (Lipinski definition) is 2. The van der Waals surface area contributed by atoms with Crippen molar-refractivity contribution in [3.63, 3.8) is 0 Å². The number of amides is 1. The monoisotopic (exact) mass is 394 g/mol.